The molecule has 3 N–H and O–H groups in total. The van der Waals surface area contributed by atoms with E-state index in [0.29, 0.717) is 13.1 Å². The molecule has 6 heteroatoms. The fraction of sp³-hybridized carbons (Fsp3) is 0.143. The summed E-state index contributed by atoms with van der Waals surface area (Å²) in [6.45, 7) is 1.16. The number of rotatable bonds is 7. The minimum Gasteiger partial charge on any atom is -0.395 e. The second-order valence-electron chi connectivity index (χ2n) is 6.08. The van der Waals surface area contributed by atoms with Gasteiger partial charge in [-0.3, -0.25) is 4.98 Å². The first-order valence-corrected chi connectivity index (χ1v) is 9.69. The molecule has 0 fully saturated rings. The smallest absolute Gasteiger partial charge is 0.129 e. The third-order valence-corrected chi connectivity index (χ3v) is 5.11. The molecule has 0 bridgehead atoms. The van der Waals surface area contributed by atoms with Gasteiger partial charge in [0, 0.05) is 40.8 Å². The maximum absolute atomic E-state index is 9.10. The molecule has 0 spiro atoms. The molecule has 4 aromatic rings. The lowest BCUT2D eigenvalue weighted by molar-refractivity contribution is 0.311. The molecule has 0 aliphatic heterocycles. The maximum Gasteiger partial charge on any atom is 0.129 e. The van der Waals surface area contributed by atoms with Crippen LogP contribution in [-0.4, -0.2) is 28.2 Å². The minimum atomic E-state index is 0.0656. The van der Waals surface area contributed by atoms with Gasteiger partial charge in [-0.2, -0.15) is 0 Å². The quantitative estimate of drug-likeness (QED) is 0.447. The lowest BCUT2D eigenvalue weighted by atomic mass is 10.0. The molecule has 3 aromatic heterocycles. The van der Waals surface area contributed by atoms with Crippen LogP contribution in [0, 0.1) is 0 Å². The van der Waals surface area contributed by atoms with Crippen LogP contribution in [0.4, 0.5) is 11.5 Å². The number of aromatic nitrogens is 2. The zero-order valence-electron chi connectivity index (χ0n) is 14.7. The Labute approximate surface area is 161 Å². The molecule has 0 unspecified atom stereocenters. The Hall–Kier alpha value is -2.96. The van der Waals surface area contributed by atoms with Crippen LogP contribution in [-0.2, 0) is 6.54 Å². The zero-order valence-corrected chi connectivity index (χ0v) is 15.5. The highest BCUT2D eigenvalue weighted by Crippen LogP contribution is 2.39. The molecule has 1 aromatic carbocycles. The number of thiophene rings is 1. The number of hydrogen-bond donors (Lipinski definition) is 3. The van der Waals surface area contributed by atoms with E-state index in [1.165, 1.54) is 11.1 Å². The van der Waals surface area contributed by atoms with Gasteiger partial charge in [-0.15, -0.1) is 11.3 Å². The summed E-state index contributed by atoms with van der Waals surface area (Å²) >= 11 is 1.62. The van der Waals surface area contributed by atoms with E-state index < -0.39 is 0 Å². The summed E-state index contributed by atoms with van der Waals surface area (Å²) in [7, 11) is 0. The minimum absolute atomic E-state index is 0.0656. The van der Waals surface area contributed by atoms with Crippen LogP contribution in [0.2, 0.25) is 0 Å². The van der Waals surface area contributed by atoms with Crippen molar-refractivity contribution >= 4 is 33.1 Å². The Morgan fingerprint density at radius 3 is 2.63 bits per heavy atom. The maximum atomic E-state index is 9.10. The number of nitrogens with zero attached hydrogens (tertiary/aromatic N) is 2. The first kappa shape index (κ1) is 17.5. The van der Waals surface area contributed by atoms with E-state index in [9.17, 15) is 0 Å². The number of benzene rings is 1. The number of hydrogen-bond acceptors (Lipinski definition) is 6. The summed E-state index contributed by atoms with van der Waals surface area (Å²) < 4.78 is 0. The number of nitrogens with one attached hydrogen (secondary N) is 2. The molecule has 27 heavy (non-hydrogen) atoms. The molecule has 3 heterocycles. The van der Waals surface area contributed by atoms with E-state index in [2.05, 4.69) is 33.1 Å². The molecular formula is C21H20N4OS. The van der Waals surface area contributed by atoms with Crippen LogP contribution in [0.3, 0.4) is 0 Å². The number of fused-ring (bicyclic) bond motifs is 1. The fourth-order valence-electron chi connectivity index (χ4n) is 2.97. The summed E-state index contributed by atoms with van der Waals surface area (Å²) in [6, 6.07) is 18.2. The highest BCUT2D eigenvalue weighted by molar-refractivity contribution is 7.17. The van der Waals surface area contributed by atoms with E-state index in [0.717, 1.165) is 27.4 Å². The number of anilines is 2. The Morgan fingerprint density at radius 1 is 1.00 bits per heavy atom. The first-order chi connectivity index (χ1) is 13.3. The van der Waals surface area contributed by atoms with Gasteiger partial charge < -0.3 is 15.7 Å². The van der Waals surface area contributed by atoms with E-state index in [4.69, 9.17) is 10.1 Å². The lowest BCUT2D eigenvalue weighted by Gasteiger charge is -2.12. The molecule has 0 aliphatic carbocycles. The Bertz CT molecular complexity index is 1020. The summed E-state index contributed by atoms with van der Waals surface area (Å²) in [5, 5.41) is 19.0. The van der Waals surface area contributed by atoms with Gasteiger partial charge in [-0.1, -0.05) is 36.4 Å². The van der Waals surface area contributed by atoms with Gasteiger partial charge in [0.2, 0.25) is 0 Å². The van der Waals surface area contributed by atoms with Gasteiger partial charge in [0.05, 0.1) is 18.8 Å². The average molecular weight is 376 g/mol. The molecule has 0 saturated heterocycles. The SMILES string of the molecule is OCCNc1cc(NCc2ccccn2)c2c(-c3ccccc3)csc2n1. The normalized spacial score (nSPS) is 10.9. The number of pyridine rings is 2. The largest absolute Gasteiger partial charge is 0.395 e. The monoisotopic (exact) mass is 376 g/mol. The zero-order chi connectivity index (χ0) is 18.5. The average Bonchev–Trinajstić information content (AvgIpc) is 3.16. The van der Waals surface area contributed by atoms with Crippen LogP contribution >= 0.6 is 11.3 Å². The van der Waals surface area contributed by atoms with Gasteiger partial charge in [0.15, 0.2) is 0 Å². The van der Waals surface area contributed by atoms with E-state index in [1.54, 1.807) is 17.5 Å². The van der Waals surface area contributed by atoms with Crippen LogP contribution in [0.1, 0.15) is 5.69 Å². The van der Waals surface area contributed by atoms with Gasteiger partial charge in [-0.25, -0.2) is 4.98 Å². The van der Waals surface area contributed by atoms with Crippen molar-refractivity contribution in [3.8, 4) is 11.1 Å². The molecule has 0 atom stereocenters. The van der Waals surface area contributed by atoms with Gasteiger partial charge >= 0.3 is 0 Å². The van der Waals surface area contributed by atoms with Crippen LogP contribution in [0.25, 0.3) is 21.3 Å². The first-order valence-electron chi connectivity index (χ1n) is 8.81. The van der Waals surface area contributed by atoms with Crippen molar-refractivity contribution in [2.45, 2.75) is 6.54 Å². The molecule has 0 aliphatic rings. The summed E-state index contributed by atoms with van der Waals surface area (Å²) in [6.07, 6.45) is 1.80. The molecular weight excluding hydrogens is 356 g/mol. The molecule has 4 rings (SSSR count). The molecule has 0 saturated carbocycles. The van der Waals surface area contributed by atoms with Crippen LogP contribution < -0.4 is 10.6 Å². The third kappa shape index (κ3) is 3.92. The van der Waals surface area contributed by atoms with Crippen molar-refractivity contribution in [2.75, 3.05) is 23.8 Å². The Morgan fingerprint density at radius 2 is 1.85 bits per heavy atom. The van der Waals surface area contributed by atoms with Crippen LogP contribution in [0.5, 0.6) is 0 Å². The Balaban J connectivity index is 1.75. The third-order valence-electron chi connectivity index (χ3n) is 4.23. The van der Waals surface area contributed by atoms with E-state index >= 15 is 0 Å². The van der Waals surface area contributed by atoms with Crippen molar-refractivity contribution in [3.05, 3.63) is 71.9 Å². The van der Waals surface area contributed by atoms with Gasteiger partial charge in [0.25, 0.3) is 0 Å². The van der Waals surface area contributed by atoms with E-state index in [1.807, 2.05) is 42.5 Å². The molecule has 0 amide bonds. The highest BCUT2D eigenvalue weighted by Gasteiger charge is 2.14. The predicted molar refractivity (Wildman–Crippen MR) is 112 cm³/mol. The Kier molecular flexibility index (Phi) is 5.27. The molecule has 5 nitrogen and oxygen atoms in total. The number of aliphatic hydroxyl groups excluding tert-OH is 1. The second kappa shape index (κ2) is 8.16. The summed E-state index contributed by atoms with van der Waals surface area (Å²) in [5.74, 6) is 0.751. The fourth-order valence-corrected chi connectivity index (χ4v) is 3.95. The van der Waals surface area contributed by atoms with E-state index in [-0.39, 0.29) is 6.61 Å². The summed E-state index contributed by atoms with van der Waals surface area (Å²) in [5.41, 5.74) is 4.32. The second-order valence-corrected chi connectivity index (χ2v) is 6.93. The van der Waals surface area contributed by atoms with Crippen molar-refractivity contribution in [3.63, 3.8) is 0 Å². The summed E-state index contributed by atoms with van der Waals surface area (Å²) in [4.78, 5) is 10.1. The van der Waals surface area contributed by atoms with Crippen molar-refractivity contribution in [1.82, 2.24) is 9.97 Å². The standard InChI is InChI=1S/C21H20N4OS/c26-11-10-23-19-12-18(24-13-16-8-4-5-9-22-16)20-17(14-27-21(20)25-19)15-6-2-1-3-7-15/h1-9,12,14,26H,10-11,13H2,(H2,23,24,25). The van der Waals surface area contributed by atoms with Crippen molar-refractivity contribution in [1.29, 1.82) is 0 Å². The molecule has 136 valence electrons. The van der Waals surface area contributed by atoms with Crippen molar-refractivity contribution in [2.24, 2.45) is 0 Å². The number of aliphatic hydroxyl groups is 1. The highest BCUT2D eigenvalue weighted by atomic mass is 32.1. The lowest BCUT2D eigenvalue weighted by Crippen LogP contribution is -2.08. The van der Waals surface area contributed by atoms with Gasteiger partial charge in [-0.05, 0) is 17.7 Å². The van der Waals surface area contributed by atoms with Gasteiger partial charge in [0.1, 0.15) is 10.6 Å². The van der Waals surface area contributed by atoms with Crippen molar-refractivity contribution < 1.29 is 5.11 Å². The predicted octanol–water partition coefficient (Wildman–Crippen LogP) is 4.37. The van der Waals surface area contributed by atoms with Crippen LogP contribution in [0.15, 0.2) is 66.2 Å². The topological polar surface area (TPSA) is 70.1 Å². The molecule has 0 radical (unpaired) electrons.